The van der Waals surface area contributed by atoms with E-state index in [2.05, 4.69) is 0 Å². The lowest BCUT2D eigenvalue weighted by atomic mass is 10.0. The zero-order valence-corrected chi connectivity index (χ0v) is 19.6. The van der Waals surface area contributed by atoms with Gasteiger partial charge in [-0.1, -0.05) is 42.1 Å². The van der Waals surface area contributed by atoms with Gasteiger partial charge in [0.2, 0.25) is 5.75 Å². The molecule has 1 N–H and O–H groups in total. The minimum absolute atomic E-state index is 0.0505. The molecule has 1 aliphatic heterocycles. The molecular weight excluding hydrogens is 453 g/mol. The summed E-state index contributed by atoms with van der Waals surface area (Å²) in [6.07, 6.45) is 0. The van der Waals surface area contributed by atoms with Crippen molar-refractivity contribution in [3.05, 3.63) is 94.9 Å². The van der Waals surface area contributed by atoms with E-state index in [0.717, 1.165) is 27.4 Å². The van der Waals surface area contributed by atoms with Gasteiger partial charge in [0.05, 0.1) is 30.9 Å². The summed E-state index contributed by atoms with van der Waals surface area (Å²) in [7, 11) is 3.01. The van der Waals surface area contributed by atoms with Crippen molar-refractivity contribution in [1.82, 2.24) is 9.78 Å². The Balaban J connectivity index is 1.74. The van der Waals surface area contributed by atoms with Crippen molar-refractivity contribution in [1.29, 1.82) is 0 Å². The van der Waals surface area contributed by atoms with Crippen LogP contribution in [0.4, 0.5) is 10.2 Å². The molecule has 0 unspecified atom stereocenters. The highest BCUT2D eigenvalue weighted by Gasteiger charge is 2.33. The van der Waals surface area contributed by atoms with Crippen LogP contribution in [0.5, 0.6) is 17.2 Å². The number of rotatable bonds is 5. The minimum atomic E-state index is -0.313. The average molecular weight is 476 g/mol. The summed E-state index contributed by atoms with van der Waals surface area (Å²) in [5.74, 6) is 0.961. The van der Waals surface area contributed by atoms with Gasteiger partial charge < -0.3 is 14.6 Å². The minimum Gasteiger partial charge on any atom is -0.502 e. The first-order valence-electron chi connectivity index (χ1n) is 10.6. The number of aromatic nitrogens is 2. The number of hydrogen-bond acceptors (Lipinski definition) is 6. The fourth-order valence-corrected chi connectivity index (χ4v) is 5.31. The maximum Gasteiger partial charge on any atom is 0.200 e. The van der Waals surface area contributed by atoms with Crippen LogP contribution in [0, 0.1) is 12.7 Å². The van der Waals surface area contributed by atoms with Crippen LogP contribution >= 0.6 is 11.8 Å². The summed E-state index contributed by atoms with van der Waals surface area (Å²) in [5, 5.41) is 15.8. The Morgan fingerprint density at radius 3 is 2.24 bits per heavy atom. The molecule has 0 bridgehead atoms. The molecule has 4 aromatic rings. The molecule has 8 heteroatoms. The molecule has 0 amide bonds. The van der Waals surface area contributed by atoms with E-state index in [1.54, 1.807) is 28.6 Å². The number of phenolic OH excluding ortho intramolecular Hbond substituents is 1. The lowest BCUT2D eigenvalue weighted by molar-refractivity contribution is 0.339. The van der Waals surface area contributed by atoms with E-state index in [9.17, 15) is 9.50 Å². The number of ether oxygens (including phenoxy) is 2. The van der Waals surface area contributed by atoms with Gasteiger partial charge >= 0.3 is 0 Å². The van der Waals surface area contributed by atoms with Crippen molar-refractivity contribution in [2.24, 2.45) is 4.99 Å². The normalized spacial score (nSPS) is 14.9. The third kappa shape index (κ3) is 3.80. The molecule has 34 heavy (non-hydrogen) atoms. The van der Waals surface area contributed by atoms with Gasteiger partial charge in [-0.05, 0) is 48.9 Å². The molecular formula is C26H22FN3O3S. The van der Waals surface area contributed by atoms with Crippen LogP contribution in [0.2, 0.25) is 0 Å². The van der Waals surface area contributed by atoms with Gasteiger partial charge in [-0.25, -0.2) is 14.1 Å². The monoisotopic (exact) mass is 475 g/mol. The molecule has 1 aromatic heterocycles. The number of aryl methyl sites for hydroxylation is 1. The second kappa shape index (κ2) is 8.87. The van der Waals surface area contributed by atoms with Gasteiger partial charge in [-0.15, -0.1) is 0 Å². The van der Waals surface area contributed by atoms with Crippen LogP contribution in [0.1, 0.15) is 27.6 Å². The van der Waals surface area contributed by atoms with Gasteiger partial charge in [0.1, 0.15) is 10.9 Å². The first-order valence-corrected chi connectivity index (χ1v) is 11.5. The Hall–Kier alpha value is -3.78. The second-order valence-electron chi connectivity index (χ2n) is 7.77. The molecule has 2 heterocycles. The average Bonchev–Trinajstić information content (AvgIpc) is 3.21. The van der Waals surface area contributed by atoms with Gasteiger partial charge in [-0.3, -0.25) is 0 Å². The zero-order chi connectivity index (χ0) is 23.8. The molecule has 0 spiro atoms. The largest absolute Gasteiger partial charge is 0.502 e. The quantitative estimate of drug-likeness (QED) is 0.386. The van der Waals surface area contributed by atoms with Crippen molar-refractivity contribution >= 4 is 22.6 Å². The lowest BCUT2D eigenvalue weighted by Crippen LogP contribution is -2.10. The Morgan fingerprint density at radius 2 is 1.62 bits per heavy atom. The van der Waals surface area contributed by atoms with Crippen LogP contribution < -0.4 is 9.47 Å². The predicted octanol–water partition coefficient (Wildman–Crippen LogP) is 5.96. The number of hydrogen-bond donors (Lipinski definition) is 1. The third-order valence-electron chi connectivity index (χ3n) is 5.68. The van der Waals surface area contributed by atoms with E-state index in [1.807, 2.05) is 49.4 Å². The van der Waals surface area contributed by atoms with Crippen molar-refractivity contribution in [3.8, 4) is 22.9 Å². The smallest absolute Gasteiger partial charge is 0.200 e. The van der Waals surface area contributed by atoms with E-state index in [4.69, 9.17) is 19.6 Å². The molecule has 0 saturated carbocycles. The molecule has 0 radical (unpaired) electrons. The highest BCUT2D eigenvalue weighted by atomic mass is 32.2. The van der Waals surface area contributed by atoms with Crippen LogP contribution in [0.3, 0.4) is 0 Å². The number of methoxy groups -OCH3 is 2. The number of phenols is 1. The summed E-state index contributed by atoms with van der Waals surface area (Å²) in [4.78, 5) is 4.99. The van der Waals surface area contributed by atoms with Crippen LogP contribution in [0.15, 0.2) is 71.7 Å². The predicted molar refractivity (Wildman–Crippen MR) is 132 cm³/mol. The van der Waals surface area contributed by atoms with Gasteiger partial charge in [-0.2, -0.15) is 5.10 Å². The molecule has 5 rings (SSSR count). The molecule has 172 valence electrons. The Morgan fingerprint density at radius 1 is 0.971 bits per heavy atom. The molecule has 6 nitrogen and oxygen atoms in total. The van der Waals surface area contributed by atoms with E-state index >= 15 is 0 Å². The van der Waals surface area contributed by atoms with E-state index < -0.39 is 0 Å². The van der Waals surface area contributed by atoms with Crippen LogP contribution in [0.25, 0.3) is 5.69 Å². The first-order chi connectivity index (χ1) is 16.5. The number of benzene rings is 3. The number of nitrogens with zero attached hydrogens (tertiary/aromatic N) is 3. The highest BCUT2D eigenvalue weighted by Crippen LogP contribution is 2.51. The molecule has 1 aliphatic rings. The third-order valence-corrected chi connectivity index (χ3v) is 6.97. The number of aliphatic imine (C=N–C) groups is 1. The van der Waals surface area contributed by atoms with Crippen molar-refractivity contribution in [3.63, 3.8) is 0 Å². The first kappa shape index (κ1) is 22.0. The summed E-state index contributed by atoms with van der Waals surface area (Å²) in [5.41, 5.74) is 4.31. The molecule has 0 aliphatic carbocycles. The van der Waals surface area contributed by atoms with Crippen LogP contribution in [-0.2, 0) is 0 Å². The maximum atomic E-state index is 13.6. The Kier molecular flexibility index (Phi) is 5.75. The fourth-order valence-electron chi connectivity index (χ4n) is 4.01. The SMILES string of the molecule is COc1cc([C@H]2SC(c3ccccc3)=Nc3c2c(C)nn3-c2ccc(F)cc2)cc(OC)c1O. The molecule has 0 fully saturated rings. The summed E-state index contributed by atoms with van der Waals surface area (Å²) in [6.45, 7) is 1.93. The second-order valence-corrected chi connectivity index (χ2v) is 8.86. The molecule has 1 atom stereocenters. The molecule has 3 aromatic carbocycles. The maximum absolute atomic E-state index is 13.6. The van der Waals surface area contributed by atoms with Crippen molar-refractivity contribution < 1.29 is 19.0 Å². The summed E-state index contributed by atoms with van der Waals surface area (Å²) >= 11 is 1.59. The number of aromatic hydroxyl groups is 1. The van der Waals surface area contributed by atoms with E-state index in [0.29, 0.717) is 23.0 Å². The molecule has 0 saturated heterocycles. The van der Waals surface area contributed by atoms with Gasteiger partial charge in [0.15, 0.2) is 17.3 Å². The summed E-state index contributed by atoms with van der Waals surface area (Å²) < 4.78 is 26.1. The number of fused-ring (bicyclic) bond motifs is 1. The van der Waals surface area contributed by atoms with Gasteiger partial charge in [0.25, 0.3) is 0 Å². The lowest BCUT2D eigenvalue weighted by Gasteiger charge is -2.24. The van der Waals surface area contributed by atoms with Crippen molar-refractivity contribution in [2.45, 2.75) is 12.2 Å². The van der Waals surface area contributed by atoms with Crippen LogP contribution in [-0.4, -0.2) is 34.2 Å². The Bertz CT molecular complexity index is 1360. The highest BCUT2D eigenvalue weighted by molar-refractivity contribution is 8.14. The summed E-state index contributed by atoms with van der Waals surface area (Å²) in [6, 6.07) is 19.7. The van der Waals surface area contributed by atoms with Gasteiger partial charge in [0, 0.05) is 11.1 Å². The van der Waals surface area contributed by atoms with Crippen molar-refractivity contribution in [2.75, 3.05) is 14.2 Å². The fraction of sp³-hybridized carbons (Fsp3) is 0.154. The Labute approximate surface area is 200 Å². The topological polar surface area (TPSA) is 68.9 Å². The standard InChI is InChI=1S/C26H22FN3O3S/c1-15-22-24(17-13-20(32-2)23(31)21(14-17)33-3)34-26(16-7-5-4-6-8-16)28-25(22)30(29-15)19-11-9-18(27)10-12-19/h4-14,24,31H,1-3H3/t24-/m1/s1. The zero-order valence-electron chi connectivity index (χ0n) is 18.8. The number of thioether (sulfide) groups is 1. The van der Waals surface area contributed by atoms with E-state index in [-0.39, 0.29) is 16.8 Å². The van der Waals surface area contributed by atoms with E-state index in [1.165, 1.54) is 26.4 Å². The number of halogens is 1.